The Morgan fingerprint density at radius 2 is 1.81 bits per heavy atom. The molecule has 26 heavy (non-hydrogen) atoms. The van der Waals surface area contributed by atoms with Crippen molar-refractivity contribution in [3.8, 4) is 0 Å². The van der Waals surface area contributed by atoms with Crippen LogP contribution >= 0.6 is 0 Å². The van der Waals surface area contributed by atoms with E-state index in [9.17, 15) is 22.8 Å². The van der Waals surface area contributed by atoms with Gasteiger partial charge in [0.1, 0.15) is 0 Å². The van der Waals surface area contributed by atoms with E-state index in [0.717, 1.165) is 0 Å². The molecule has 0 spiro atoms. The van der Waals surface area contributed by atoms with E-state index < -0.39 is 9.84 Å². The van der Waals surface area contributed by atoms with Gasteiger partial charge >= 0.3 is 0 Å². The number of hydrogen-bond donors (Lipinski definition) is 2. The Bertz CT molecular complexity index is 806. The van der Waals surface area contributed by atoms with Gasteiger partial charge in [-0.15, -0.1) is 0 Å². The molecular formula is C17H23N3O5S. The maximum Gasteiger partial charge on any atom is 0.226 e. The molecule has 2 rings (SSSR count). The molecule has 1 aliphatic heterocycles. The first-order valence-corrected chi connectivity index (χ1v) is 10.1. The smallest absolute Gasteiger partial charge is 0.226 e. The molecule has 0 aliphatic carbocycles. The van der Waals surface area contributed by atoms with Crippen LogP contribution in [0, 0.1) is 0 Å². The summed E-state index contributed by atoms with van der Waals surface area (Å²) in [7, 11) is -3.10. The Hall–Kier alpha value is -2.42. The summed E-state index contributed by atoms with van der Waals surface area (Å²) in [6, 6.07) is 6.36. The van der Waals surface area contributed by atoms with Gasteiger partial charge in [-0.05, 0) is 24.6 Å². The van der Waals surface area contributed by atoms with E-state index in [1.54, 1.807) is 24.3 Å². The fourth-order valence-corrected chi connectivity index (χ4v) is 4.67. The number of nitrogens with zero attached hydrogens (tertiary/aromatic N) is 1. The van der Waals surface area contributed by atoms with Gasteiger partial charge in [-0.1, -0.05) is 6.07 Å². The third-order valence-electron chi connectivity index (χ3n) is 4.10. The van der Waals surface area contributed by atoms with Crippen LogP contribution in [0.3, 0.4) is 0 Å². The predicted octanol–water partition coefficient (Wildman–Crippen LogP) is 1.01. The summed E-state index contributed by atoms with van der Waals surface area (Å²) in [6.45, 7) is 2.93. The Morgan fingerprint density at radius 1 is 1.15 bits per heavy atom. The van der Waals surface area contributed by atoms with Crippen molar-refractivity contribution in [3.05, 3.63) is 24.3 Å². The minimum absolute atomic E-state index is 0.0487. The Morgan fingerprint density at radius 3 is 2.35 bits per heavy atom. The van der Waals surface area contributed by atoms with Crippen LogP contribution < -0.4 is 10.6 Å². The zero-order valence-electron chi connectivity index (χ0n) is 14.8. The van der Waals surface area contributed by atoms with Gasteiger partial charge < -0.3 is 15.5 Å². The molecule has 1 aromatic carbocycles. The molecule has 8 nitrogen and oxygen atoms in total. The quantitative estimate of drug-likeness (QED) is 0.764. The van der Waals surface area contributed by atoms with Crippen LogP contribution in [-0.2, 0) is 24.2 Å². The first-order chi connectivity index (χ1) is 12.2. The van der Waals surface area contributed by atoms with Gasteiger partial charge in [0.25, 0.3) is 0 Å². The molecule has 142 valence electrons. The van der Waals surface area contributed by atoms with E-state index in [1.165, 1.54) is 18.7 Å². The molecule has 0 saturated carbocycles. The number of anilines is 2. The second-order valence-corrected chi connectivity index (χ2v) is 8.56. The molecule has 1 heterocycles. The zero-order chi connectivity index (χ0) is 19.3. The predicted molar refractivity (Wildman–Crippen MR) is 98.4 cm³/mol. The molecule has 1 aromatic rings. The lowest BCUT2D eigenvalue weighted by molar-refractivity contribution is -0.131. The van der Waals surface area contributed by atoms with Gasteiger partial charge in [0.05, 0.1) is 11.5 Å². The van der Waals surface area contributed by atoms with Gasteiger partial charge in [-0.3, -0.25) is 14.4 Å². The lowest BCUT2D eigenvalue weighted by Gasteiger charge is -2.26. The van der Waals surface area contributed by atoms with Crippen LogP contribution in [0.1, 0.15) is 26.7 Å². The van der Waals surface area contributed by atoms with Crippen LogP contribution in [0.5, 0.6) is 0 Å². The third kappa shape index (κ3) is 5.83. The first-order valence-electron chi connectivity index (χ1n) is 8.31. The number of amides is 3. The van der Waals surface area contributed by atoms with E-state index in [-0.39, 0.29) is 48.2 Å². The molecule has 1 fully saturated rings. The van der Waals surface area contributed by atoms with E-state index >= 15 is 0 Å². The minimum atomic E-state index is -3.10. The molecule has 0 aromatic heterocycles. The molecule has 0 bridgehead atoms. The molecule has 1 unspecified atom stereocenters. The highest BCUT2D eigenvalue weighted by molar-refractivity contribution is 7.91. The normalized spacial score (nSPS) is 18.2. The van der Waals surface area contributed by atoms with Gasteiger partial charge in [0, 0.05) is 44.2 Å². The Kier molecular flexibility index (Phi) is 6.36. The Balaban J connectivity index is 1.92. The van der Waals surface area contributed by atoms with Crippen LogP contribution in [-0.4, -0.2) is 55.1 Å². The van der Waals surface area contributed by atoms with Gasteiger partial charge in [-0.2, -0.15) is 0 Å². The summed E-state index contributed by atoms with van der Waals surface area (Å²) < 4.78 is 23.2. The third-order valence-corrected chi connectivity index (χ3v) is 5.85. The van der Waals surface area contributed by atoms with Crippen molar-refractivity contribution in [1.29, 1.82) is 0 Å². The SMILES string of the molecule is CC(=O)Nc1cccc(NC(=O)CCN(C(C)=O)C2CCS(=O)(=O)C2)c1. The van der Waals surface area contributed by atoms with Crippen molar-refractivity contribution in [2.24, 2.45) is 0 Å². The highest BCUT2D eigenvalue weighted by Gasteiger charge is 2.33. The number of benzene rings is 1. The maximum atomic E-state index is 12.2. The fourth-order valence-electron chi connectivity index (χ4n) is 2.94. The lowest BCUT2D eigenvalue weighted by Crippen LogP contribution is -2.41. The molecule has 3 amide bonds. The number of hydrogen-bond acceptors (Lipinski definition) is 5. The Labute approximate surface area is 152 Å². The zero-order valence-corrected chi connectivity index (χ0v) is 15.6. The van der Waals surface area contributed by atoms with Crippen molar-refractivity contribution >= 4 is 38.9 Å². The van der Waals surface area contributed by atoms with Crippen LogP contribution in [0.4, 0.5) is 11.4 Å². The number of nitrogens with one attached hydrogen (secondary N) is 2. The number of rotatable bonds is 6. The topological polar surface area (TPSA) is 113 Å². The summed E-state index contributed by atoms with van der Waals surface area (Å²) in [5, 5.41) is 5.34. The number of sulfone groups is 1. The summed E-state index contributed by atoms with van der Waals surface area (Å²) in [5.41, 5.74) is 1.09. The summed E-state index contributed by atoms with van der Waals surface area (Å²) in [6.07, 6.45) is 0.461. The van der Waals surface area contributed by atoms with E-state index in [4.69, 9.17) is 0 Å². The monoisotopic (exact) mass is 381 g/mol. The second kappa shape index (κ2) is 8.31. The highest BCUT2D eigenvalue weighted by Crippen LogP contribution is 2.19. The molecule has 1 atom stereocenters. The van der Waals surface area contributed by atoms with Crippen molar-refractivity contribution < 1.29 is 22.8 Å². The lowest BCUT2D eigenvalue weighted by atomic mass is 10.2. The second-order valence-electron chi connectivity index (χ2n) is 6.33. The molecule has 1 aliphatic rings. The van der Waals surface area contributed by atoms with Crippen LogP contribution in [0.25, 0.3) is 0 Å². The van der Waals surface area contributed by atoms with E-state index in [2.05, 4.69) is 10.6 Å². The highest BCUT2D eigenvalue weighted by atomic mass is 32.2. The average Bonchev–Trinajstić information content (AvgIpc) is 2.86. The van der Waals surface area contributed by atoms with Crippen molar-refractivity contribution in [2.45, 2.75) is 32.7 Å². The van der Waals surface area contributed by atoms with Crippen molar-refractivity contribution in [1.82, 2.24) is 4.90 Å². The fraction of sp³-hybridized carbons (Fsp3) is 0.471. The van der Waals surface area contributed by atoms with Crippen molar-refractivity contribution in [3.63, 3.8) is 0 Å². The van der Waals surface area contributed by atoms with Crippen LogP contribution in [0.15, 0.2) is 24.3 Å². The minimum Gasteiger partial charge on any atom is -0.338 e. The van der Waals surface area contributed by atoms with Crippen molar-refractivity contribution in [2.75, 3.05) is 28.7 Å². The molecule has 2 N–H and O–H groups in total. The largest absolute Gasteiger partial charge is 0.338 e. The average molecular weight is 381 g/mol. The summed E-state index contributed by atoms with van der Waals surface area (Å²) in [5.74, 6) is -0.724. The van der Waals surface area contributed by atoms with E-state index in [0.29, 0.717) is 17.8 Å². The molecule has 0 radical (unpaired) electrons. The number of carbonyl (C=O) groups is 3. The van der Waals surface area contributed by atoms with Gasteiger partial charge in [-0.25, -0.2) is 8.42 Å². The number of carbonyl (C=O) groups excluding carboxylic acids is 3. The molecular weight excluding hydrogens is 358 g/mol. The standard InChI is InChI=1S/C17H23N3O5S/c1-12(21)18-14-4-3-5-15(10-14)19-17(23)6-8-20(13(2)22)16-7-9-26(24,25)11-16/h3-5,10,16H,6-9,11H2,1-2H3,(H,18,21)(H,19,23). The summed E-state index contributed by atoms with van der Waals surface area (Å²) in [4.78, 5) is 36.5. The molecule has 1 saturated heterocycles. The summed E-state index contributed by atoms with van der Waals surface area (Å²) >= 11 is 0. The first kappa shape index (κ1) is 19.9. The van der Waals surface area contributed by atoms with Crippen LogP contribution in [0.2, 0.25) is 0 Å². The van der Waals surface area contributed by atoms with E-state index in [1.807, 2.05) is 0 Å². The van der Waals surface area contributed by atoms with Gasteiger partial charge in [0.15, 0.2) is 9.84 Å². The maximum absolute atomic E-state index is 12.2. The van der Waals surface area contributed by atoms with Gasteiger partial charge in [0.2, 0.25) is 17.7 Å². The molecule has 9 heteroatoms.